The van der Waals surface area contributed by atoms with Crippen LogP contribution in [0.4, 0.5) is 5.69 Å². The first-order valence-electron chi connectivity index (χ1n) is 9.34. The molecule has 11 heteroatoms. The maximum atomic E-state index is 9.19. The second-order valence-corrected chi connectivity index (χ2v) is 9.84. The molecule has 1 aliphatic heterocycles. The van der Waals surface area contributed by atoms with Gasteiger partial charge in [0.05, 0.1) is 34.3 Å². The van der Waals surface area contributed by atoms with Crippen LogP contribution in [0.3, 0.4) is 0 Å². The Labute approximate surface area is 200 Å². The predicted octanol–water partition coefficient (Wildman–Crippen LogP) is 3.60. The van der Waals surface area contributed by atoms with Gasteiger partial charge < -0.3 is 35.2 Å². The Kier molecular flexibility index (Phi) is 12.1. The zero-order chi connectivity index (χ0) is 20.1. The van der Waals surface area contributed by atoms with E-state index in [0.717, 1.165) is 46.0 Å². The SMILES string of the molecule is C.COCCOc1cc(NSc2cccs2)c2[nH]c(C3=NCC(CCO)S3)cc2c1.O.O. The largest absolute Gasteiger partial charge is 0.491 e. The molecule has 1 unspecified atom stereocenters. The van der Waals surface area contributed by atoms with Crippen LogP contribution >= 0.6 is 35.0 Å². The van der Waals surface area contributed by atoms with E-state index in [9.17, 15) is 5.11 Å². The molecule has 0 saturated carbocycles. The summed E-state index contributed by atoms with van der Waals surface area (Å²) in [6.07, 6.45) is 0.764. The van der Waals surface area contributed by atoms with Gasteiger partial charge in [-0.15, -0.1) is 11.3 Å². The summed E-state index contributed by atoms with van der Waals surface area (Å²) in [6.45, 7) is 2.00. The minimum Gasteiger partial charge on any atom is -0.491 e. The zero-order valence-corrected chi connectivity index (χ0v) is 19.5. The molecule has 0 amide bonds. The average molecular weight is 502 g/mol. The number of aliphatic hydroxyl groups excluding tert-OH is 1. The summed E-state index contributed by atoms with van der Waals surface area (Å²) in [4.78, 5) is 8.19. The summed E-state index contributed by atoms with van der Waals surface area (Å²) in [5.74, 6) is 0.800. The number of hydrogen-bond acceptors (Lipinski definition) is 8. The smallest absolute Gasteiger partial charge is 0.122 e. The fraction of sp³-hybridized carbons (Fsp3) is 0.381. The van der Waals surface area contributed by atoms with Gasteiger partial charge in [0.2, 0.25) is 0 Å². The van der Waals surface area contributed by atoms with E-state index in [1.54, 1.807) is 42.2 Å². The van der Waals surface area contributed by atoms with Gasteiger partial charge in [-0.2, -0.15) is 0 Å². The molecule has 0 spiro atoms. The molecule has 0 saturated heterocycles. The monoisotopic (exact) mass is 501 g/mol. The number of aromatic amines is 1. The maximum Gasteiger partial charge on any atom is 0.122 e. The summed E-state index contributed by atoms with van der Waals surface area (Å²) in [5.41, 5.74) is 3.00. The van der Waals surface area contributed by atoms with Crippen LogP contribution in [0.5, 0.6) is 5.75 Å². The molecular weight excluding hydrogens is 470 g/mol. The van der Waals surface area contributed by atoms with Crippen molar-refractivity contribution < 1.29 is 25.5 Å². The number of thioether (sulfide) groups is 1. The maximum absolute atomic E-state index is 9.19. The number of rotatable bonds is 10. The molecule has 0 radical (unpaired) electrons. The number of benzene rings is 1. The topological polar surface area (TPSA) is 142 Å². The van der Waals surface area contributed by atoms with Crippen molar-refractivity contribution in [1.82, 2.24) is 4.98 Å². The number of ether oxygens (including phenoxy) is 2. The quantitative estimate of drug-likeness (QED) is 0.286. The third-order valence-corrected chi connectivity index (χ3v) is 7.56. The lowest BCUT2D eigenvalue weighted by Gasteiger charge is -2.10. The van der Waals surface area contributed by atoms with Crippen LogP contribution in [-0.4, -0.2) is 64.8 Å². The third kappa shape index (κ3) is 6.88. The van der Waals surface area contributed by atoms with Gasteiger partial charge >= 0.3 is 0 Å². The fourth-order valence-electron chi connectivity index (χ4n) is 3.03. The lowest BCUT2D eigenvalue weighted by atomic mass is 10.2. The molecule has 0 bridgehead atoms. The van der Waals surface area contributed by atoms with Crippen LogP contribution < -0.4 is 9.46 Å². The van der Waals surface area contributed by atoms with Crippen LogP contribution in [0, 0.1) is 0 Å². The minimum absolute atomic E-state index is 0. The van der Waals surface area contributed by atoms with E-state index >= 15 is 0 Å². The average Bonchev–Trinajstić information content (AvgIpc) is 3.47. The number of hydrogen-bond donors (Lipinski definition) is 3. The number of thiophene rings is 1. The van der Waals surface area contributed by atoms with E-state index in [4.69, 9.17) is 9.47 Å². The first kappa shape index (κ1) is 28.3. The molecule has 3 aromatic rings. The van der Waals surface area contributed by atoms with Crippen molar-refractivity contribution in [2.24, 2.45) is 4.99 Å². The van der Waals surface area contributed by atoms with E-state index in [1.165, 1.54) is 4.21 Å². The molecule has 1 atom stereocenters. The van der Waals surface area contributed by atoms with Crippen LogP contribution in [0.25, 0.3) is 10.9 Å². The van der Waals surface area contributed by atoms with Gasteiger partial charge in [-0.3, -0.25) is 4.99 Å². The van der Waals surface area contributed by atoms with Gasteiger partial charge in [0.25, 0.3) is 0 Å². The summed E-state index contributed by atoms with van der Waals surface area (Å²) in [5, 5.41) is 13.7. The van der Waals surface area contributed by atoms with E-state index in [1.807, 2.05) is 18.2 Å². The van der Waals surface area contributed by atoms with Gasteiger partial charge in [-0.1, -0.05) is 25.3 Å². The molecule has 32 heavy (non-hydrogen) atoms. The molecule has 8 nitrogen and oxygen atoms in total. The van der Waals surface area contributed by atoms with Crippen molar-refractivity contribution in [2.45, 2.75) is 23.3 Å². The first-order valence-corrected chi connectivity index (χ1v) is 11.9. The Hall–Kier alpha value is -1.73. The van der Waals surface area contributed by atoms with Crippen molar-refractivity contribution in [3.8, 4) is 5.75 Å². The molecule has 0 aliphatic carbocycles. The summed E-state index contributed by atoms with van der Waals surface area (Å²) in [7, 11) is 1.67. The van der Waals surface area contributed by atoms with Crippen LogP contribution in [0.15, 0.2) is 44.9 Å². The second kappa shape index (κ2) is 13.7. The molecule has 178 valence electrons. The number of aromatic nitrogens is 1. The number of aliphatic hydroxyl groups is 1. The molecule has 0 fully saturated rings. The first-order chi connectivity index (χ1) is 14.3. The number of aliphatic imine (C=N–C) groups is 1. The van der Waals surface area contributed by atoms with E-state index < -0.39 is 0 Å². The van der Waals surface area contributed by atoms with Crippen LogP contribution in [0.2, 0.25) is 0 Å². The van der Waals surface area contributed by atoms with Crippen LogP contribution in [-0.2, 0) is 4.74 Å². The van der Waals surface area contributed by atoms with Gasteiger partial charge in [0, 0.05) is 30.4 Å². The number of methoxy groups -OCH3 is 1. The normalized spacial score (nSPS) is 14.8. The van der Waals surface area contributed by atoms with Gasteiger partial charge in [-0.25, -0.2) is 0 Å². The van der Waals surface area contributed by atoms with Gasteiger partial charge in [-0.05, 0) is 41.9 Å². The van der Waals surface area contributed by atoms with E-state index in [-0.39, 0.29) is 25.0 Å². The van der Waals surface area contributed by atoms with Gasteiger partial charge in [0.1, 0.15) is 17.4 Å². The molecule has 3 heterocycles. The molecule has 2 aromatic heterocycles. The number of fused-ring (bicyclic) bond motifs is 1. The highest BCUT2D eigenvalue weighted by atomic mass is 32.2. The Balaban J connectivity index is 0.00000171. The van der Waals surface area contributed by atoms with E-state index in [0.29, 0.717) is 18.5 Å². The lowest BCUT2D eigenvalue weighted by molar-refractivity contribution is 0.146. The van der Waals surface area contributed by atoms with Crippen molar-refractivity contribution in [2.75, 3.05) is 38.2 Å². The predicted molar refractivity (Wildman–Crippen MR) is 138 cm³/mol. The molecule has 4 rings (SSSR count). The molecular formula is C21H31N3O5S3. The summed E-state index contributed by atoms with van der Waals surface area (Å²) < 4.78 is 15.6. The molecule has 7 N–H and O–H groups in total. The minimum atomic E-state index is 0. The zero-order valence-electron chi connectivity index (χ0n) is 17.0. The lowest BCUT2D eigenvalue weighted by Crippen LogP contribution is -2.05. The van der Waals surface area contributed by atoms with Gasteiger partial charge in [0.15, 0.2) is 0 Å². The Morgan fingerprint density at radius 2 is 2.12 bits per heavy atom. The Morgan fingerprint density at radius 1 is 1.28 bits per heavy atom. The molecule has 1 aromatic carbocycles. The Bertz CT molecular complexity index is 979. The Morgan fingerprint density at radius 3 is 2.84 bits per heavy atom. The third-order valence-electron chi connectivity index (χ3n) is 4.41. The summed E-state index contributed by atoms with van der Waals surface area (Å²) >= 11 is 5.01. The van der Waals surface area contributed by atoms with Crippen LogP contribution in [0.1, 0.15) is 19.5 Å². The fourth-order valence-corrected chi connectivity index (χ4v) is 5.55. The van der Waals surface area contributed by atoms with Crippen molar-refractivity contribution >= 4 is 56.7 Å². The van der Waals surface area contributed by atoms with Crippen molar-refractivity contribution in [3.05, 3.63) is 41.4 Å². The number of anilines is 1. The number of nitrogens with one attached hydrogen (secondary N) is 2. The standard InChI is InChI=1S/C20H23N3O3S3.CH4.2H2O/c1-25-6-7-26-14-9-13-10-17(20-21-12-15(28-20)4-5-24)22-19(13)16(11-14)23-29-18-3-2-8-27-18;;;/h2-3,8-11,15,22-24H,4-7,12H2,1H3;1H4;2*1H2. The second-order valence-electron chi connectivity index (χ2n) is 6.49. The van der Waals surface area contributed by atoms with E-state index in [2.05, 4.69) is 32.2 Å². The summed E-state index contributed by atoms with van der Waals surface area (Å²) in [6, 6.07) is 10.3. The van der Waals surface area contributed by atoms with Crippen molar-refractivity contribution in [3.63, 3.8) is 0 Å². The highest BCUT2D eigenvalue weighted by molar-refractivity contribution is 8.15. The highest BCUT2D eigenvalue weighted by Crippen LogP contribution is 2.36. The van der Waals surface area contributed by atoms with Crippen molar-refractivity contribution in [1.29, 1.82) is 0 Å². The number of H-pyrrole nitrogens is 1. The highest BCUT2D eigenvalue weighted by Gasteiger charge is 2.22. The number of nitrogens with zero attached hydrogens (tertiary/aromatic N) is 1. The molecule has 1 aliphatic rings.